The van der Waals surface area contributed by atoms with E-state index in [0.29, 0.717) is 0 Å². The Bertz CT molecular complexity index is 1200. The molecule has 0 spiro atoms. The minimum atomic E-state index is 1.10. The highest BCUT2D eigenvalue weighted by atomic mass is 79.9. The van der Waals surface area contributed by atoms with E-state index < -0.39 is 0 Å². The molecular formula is C24H14Br+. The Kier molecular flexibility index (Phi) is 3.31. The zero-order chi connectivity index (χ0) is 16.8. The Morgan fingerprint density at radius 2 is 1.44 bits per heavy atom. The van der Waals surface area contributed by atoms with Crippen molar-refractivity contribution in [1.82, 2.24) is 0 Å². The maximum absolute atomic E-state index is 3.58. The van der Waals surface area contributed by atoms with Crippen LogP contribution < -0.4 is 0 Å². The molecule has 0 amide bonds. The summed E-state index contributed by atoms with van der Waals surface area (Å²) in [7, 11) is 0. The van der Waals surface area contributed by atoms with Gasteiger partial charge in [-0.2, -0.15) is 0 Å². The van der Waals surface area contributed by atoms with Crippen molar-refractivity contribution in [1.29, 1.82) is 0 Å². The lowest BCUT2D eigenvalue weighted by Gasteiger charge is -2.11. The van der Waals surface area contributed by atoms with E-state index in [1.54, 1.807) is 0 Å². The van der Waals surface area contributed by atoms with Crippen LogP contribution in [0.1, 0.15) is 11.1 Å². The van der Waals surface area contributed by atoms with Crippen molar-refractivity contribution in [3.63, 3.8) is 0 Å². The van der Waals surface area contributed by atoms with Gasteiger partial charge in [0.15, 0.2) is 0 Å². The molecule has 0 N–H and O–H groups in total. The molecule has 0 saturated heterocycles. The van der Waals surface area contributed by atoms with Crippen LogP contribution in [-0.2, 0) is 0 Å². The lowest BCUT2D eigenvalue weighted by atomic mass is 9.88. The number of hydrogen-bond donors (Lipinski definition) is 0. The summed E-state index contributed by atoms with van der Waals surface area (Å²) in [5.74, 6) is 0. The van der Waals surface area contributed by atoms with Crippen molar-refractivity contribution in [2.45, 2.75) is 0 Å². The van der Waals surface area contributed by atoms with Crippen LogP contribution in [0.15, 0.2) is 77.3 Å². The fourth-order valence-electron chi connectivity index (χ4n) is 3.69. The highest BCUT2D eigenvalue weighted by Crippen LogP contribution is 2.38. The number of fused-ring (bicyclic) bond motifs is 6. The van der Waals surface area contributed by atoms with Gasteiger partial charge in [-0.05, 0) is 40.8 Å². The second kappa shape index (κ2) is 5.67. The standard InChI is InChI=1S/C24H14Br/c25-18-7-5-6-16(14-18)17-12-13-23-21-10-2-1-8-19(21)20-9-3-4-11-22(20)24(23)15-17/h2-15H/q+1. The van der Waals surface area contributed by atoms with E-state index in [4.69, 9.17) is 0 Å². The number of rotatable bonds is 1. The molecule has 0 heterocycles. The molecule has 0 bridgehead atoms. The molecule has 4 aromatic carbocycles. The number of benzene rings is 4. The van der Waals surface area contributed by atoms with E-state index in [1.165, 1.54) is 43.8 Å². The second-order valence-corrected chi connectivity index (χ2v) is 7.20. The Balaban J connectivity index is 1.89. The van der Waals surface area contributed by atoms with Crippen LogP contribution in [0, 0.1) is 6.08 Å². The Labute approximate surface area is 155 Å². The summed E-state index contributed by atoms with van der Waals surface area (Å²) in [5.41, 5.74) is 5.01. The maximum Gasteiger partial charge on any atom is 0.111 e. The predicted octanol–water partition coefficient (Wildman–Crippen LogP) is 7.27. The smallest absolute Gasteiger partial charge is 0.0615 e. The third-order valence-electron chi connectivity index (χ3n) is 4.84. The monoisotopic (exact) mass is 381 g/mol. The zero-order valence-corrected chi connectivity index (χ0v) is 15.0. The molecule has 4 aromatic rings. The first-order valence-electron chi connectivity index (χ1n) is 8.31. The first kappa shape index (κ1) is 14.6. The summed E-state index contributed by atoms with van der Waals surface area (Å²) in [6, 6.07) is 23.9. The fraction of sp³-hybridized carbons (Fsp3) is 0. The molecule has 1 heteroatoms. The van der Waals surface area contributed by atoms with Gasteiger partial charge < -0.3 is 0 Å². The maximum atomic E-state index is 3.58. The van der Waals surface area contributed by atoms with Gasteiger partial charge in [-0.25, -0.2) is 0 Å². The van der Waals surface area contributed by atoms with Crippen LogP contribution in [0.2, 0.25) is 0 Å². The van der Waals surface area contributed by atoms with Gasteiger partial charge >= 0.3 is 0 Å². The second-order valence-electron chi connectivity index (χ2n) is 6.29. The van der Waals surface area contributed by atoms with Gasteiger partial charge in [-0.1, -0.05) is 58.4 Å². The van der Waals surface area contributed by atoms with E-state index in [-0.39, 0.29) is 0 Å². The van der Waals surface area contributed by atoms with Crippen molar-refractivity contribution in [2.24, 2.45) is 0 Å². The summed E-state index contributed by atoms with van der Waals surface area (Å²) >= 11 is 3.58. The van der Waals surface area contributed by atoms with Gasteiger partial charge in [0.2, 0.25) is 0 Å². The molecule has 1 aliphatic rings. The third kappa shape index (κ3) is 2.33. The SMILES string of the molecule is Brc1cccc(-c2ccc3c4c(c5ccccc5c3c2)C=[C+]C=C4)c1. The third-order valence-corrected chi connectivity index (χ3v) is 5.33. The van der Waals surface area contributed by atoms with E-state index >= 15 is 0 Å². The lowest BCUT2D eigenvalue weighted by molar-refractivity contribution is 1.61. The highest BCUT2D eigenvalue weighted by molar-refractivity contribution is 9.10. The minimum absolute atomic E-state index is 1.10. The number of allylic oxidation sites excluding steroid dienone is 2. The largest absolute Gasteiger partial charge is 0.111 e. The molecule has 5 rings (SSSR count). The Morgan fingerprint density at radius 3 is 2.32 bits per heavy atom. The summed E-state index contributed by atoms with van der Waals surface area (Å²) in [5, 5.41) is 5.17. The first-order valence-corrected chi connectivity index (χ1v) is 9.11. The van der Waals surface area contributed by atoms with Crippen molar-refractivity contribution >= 4 is 49.6 Å². The highest BCUT2D eigenvalue weighted by Gasteiger charge is 2.19. The van der Waals surface area contributed by atoms with Crippen LogP contribution in [0.5, 0.6) is 0 Å². The van der Waals surface area contributed by atoms with Crippen LogP contribution in [-0.4, -0.2) is 0 Å². The van der Waals surface area contributed by atoms with Crippen molar-refractivity contribution in [3.8, 4) is 11.1 Å². The lowest BCUT2D eigenvalue weighted by Crippen LogP contribution is -1.92. The first-order chi connectivity index (χ1) is 12.3. The quantitative estimate of drug-likeness (QED) is 0.240. The summed E-state index contributed by atoms with van der Waals surface area (Å²) < 4.78 is 1.10. The van der Waals surface area contributed by atoms with Crippen LogP contribution in [0.3, 0.4) is 0 Å². The Hall–Kier alpha value is -2.73. The molecule has 116 valence electrons. The molecule has 25 heavy (non-hydrogen) atoms. The van der Waals surface area contributed by atoms with Crippen LogP contribution >= 0.6 is 15.9 Å². The van der Waals surface area contributed by atoms with Crippen molar-refractivity contribution in [2.75, 3.05) is 0 Å². The summed E-state index contributed by atoms with van der Waals surface area (Å²) in [6.07, 6.45) is 9.50. The zero-order valence-electron chi connectivity index (χ0n) is 13.5. The molecule has 0 unspecified atom stereocenters. The van der Waals surface area contributed by atoms with E-state index in [9.17, 15) is 0 Å². The van der Waals surface area contributed by atoms with Crippen molar-refractivity contribution < 1.29 is 0 Å². The van der Waals surface area contributed by atoms with E-state index in [1.807, 2.05) is 6.08 Å². The van der Waals surface area contributed by atoms with Crippen LogP contribution in [0.4, 0.5) is 0 Å². The van der Waals surface area contributed by atoms with Crippen LogP contribution in [0.25, 0.3) is 44.8 Å². The minimum Gasteiger partial charge on any atom is -0.0615 e. The number of hydrogen-bond acceptors (Lipinski definition) is 0. The molecule has 0 fully saturated rings. The average Bonchev–Trinajstić information content (AvgIpc) is 2.68. The molecule has 0 aromatic heterocycles. The van der Waals surface area contributed by atoms with Gasteiger partial charge in [-0.3, -0.25) is 0 Å². The van der Waals surface area contributed by atoms with Gasteiger partial charge in [-0.15, -0.1) is 0 Å². The van der Waals surface area contributed by atoms with Crippen molar-refractivity contribution in [3.05, 3.63) is 94.5 Å². The van der Waals surface area contributed by atoms with Gasteiger partial charge in [0, 0.05) is 26.7 Å². The van der Waals surface area contributed by atoms with E-state index in [2.05, 4.69) is 101 Å². The summed E-state index contributed by atoms with van der Waals surface area (Å²) in [6.45, 7) is 0. The molecule has 0 saturated carbocycles. The molecule has 0 atom stereocenters. The normalized spacial score (nSPS) is 12.4. The van der Waals surface area contributed by atoms with Gasteiger partial charge in [0.25, 0.3) is 0 Å². The van der Waals surface area contributed by atoms with Gasteiger partial charge in [0.05, 0.1) is 6.08 Å². The molecule has 1 aliphatic carbocycles. The van der Waals surface area contributed by atoms with Gasteiger partial charge in [0.1, 0.15) is 23.3 Å². The summed E-state index contributed by atoms with van der Waals surface area (Å²) in [4.78, 5) is 0. The van der Waals surface area contributed by atoms with E-state index in [0.717, 1.165) is 4.47 Å². The molecule has 0 nitrogen and oxygen atoms in total. The number of halogens is 1. The topological polar surface area (TPSA) is 0 Å². The average molecular weight is 382 g/mol. The Morgan fingerprint density at radius 1 is 0.640 bits per heavy atom. The molecule has 0 aliphatic heterocycles. The molecule has 0 radical (unpaired) electrons. The predicted molar refractivity (Wildman–Crippen MR) is 111 cm³/mol. The molecular weight excluding hydrogens is 368 g/mol. The fourth-order valence-corrected chi connectivity index (χ4v) is 4.09.